The molecule has 1 heterocycles. The summed E-state index contributed by atoms with van der Waals surface area (Å²) in [5.41, 5.74) is 0.581. The van der Waals surface area contributed by atoms with Crippen LogP contribution in [0.3, 0.4) is 0 Å². The Hall–Kier alpha value is -2.89. The second-order valence-electron chi connectivity index (χ2n) is 8.03. The fraction of sp³-hybridized carbons (Fsp3) is 0.417. The molecule has 0 fully saturated rings. The highest BCUT2D eigenvalue weighted by atomic mass is 19.1. The summed E-state index contributed by atoms with van der Waals surface area (Å²) in [5, 5.41) is 0. The van der Waals surface area contributed by atoms with Crippen molar-refractivity contribution in [2.24, 2.45) is 5.92 Å². The van der Waals surface area contributed by atoms with E-state index >= 15 is 0 Å². The number of hydrogen-bond acceptors (Lipinski definition) is 3. The van der Waals surface area contributed by atoms with Gasteiger partial charge in [-0.2, -0.15) is 0 Å². The molecule has 5 nitrogen and oxygen atoms in total. The van der Waals surface area contributed by atoms with Crippen molar-refractivity contribution in [1.29, 1.82) is 0 Å². The normalized spacial score (nSPS) is 18.3. The van der Waals surface area contributed by atoms with Gasteiger partial charge in [-0.25, -0.2) is 4.39 Å². The Kier molecular flexibility index (Phi) is 7.08. The first-order valence-corrected chi connectivity index (χ1v) is 10.4. The van der Waals surface area contributed by atoms with Crippen LogP contribution in [-0.4, -0.2) is 54.4 Å². The summed E-state index contributed by atoms with van der Waals surface area (Å²) in [6.45, 7) is 5.31. The van der Waals surface area contributed by atoms with E-state index in [0.29, 0.717) is 30.8 Å². The van der Waals surface area contributed by atoms with Gasteiger partial charge >= 0.3 is 0 Å². The maximum Gasteiger partial charge on any atom is 0.257 e. The standard InChI is InChI=1S/C24H29FN2O3/c1-17(2)21-16-30-22-13-7-5-11-19(22)23(28)26(3)14-8-9-15-27(21)24(29)18-10-4-6-12-20(18)25/h4-7,10-13,17,21H,8-9,14-16H2,1-3H3/t21-/m1/s1. The first kappa shape index (κ1) is 21.8. The zero-order valence-corrected chi connectivity index (χ0v) is 17.8. The van der Waals surface area contributed by atoms with Gasteiger partial charge < -0.3 is 14.5 Å². The van der Waals surface area contributed by atoms with Crippen LogP contribution >= 0.6 is 0 Å². The van der Waals surface area contributed by atoms with Crippen LogP contribution in [0.1, 0.15) is 47.4 Å². The maximum absolute atomic E-state index is 14.3. The van der Waals surface area contributed by atoms with Crippen molar-refractivity contribution in [2.75, 3.05) is 26.7 Å². The summed E-state index contributed by atoms with van der Waals surface area (Å²) < 4.78 is 20.4. The van der Waals surface area contributed by atoms with Crippen molar-refractivity contribution < 1.29 is 18.7 Å². The molecule has 0 N–H and O–H groups in total. The first-order valence-electron chi connectivity index (χ1n) is 10.4. The van der Waals surface area contributed by atoms with Crippen molar-refractivity contribution in [3.05, 3.63) is 65.5 Å². The number of benzene rings is 2. The summed E-state index contributed by atoms with van der Waals surface area (Å²) in [6.07, 6.45) is 1.46. The minimum Gasteiger partial charge on any atom is -0.491 e. The minimum absolute atomic E-state index is 0.0722. The van der Waals surface area contributed by atoms with E-state index in [-0.39, 0.29) is 35.9 Å². The summed E-state index contributed by atoms with van der Waals surface area (Å²) >= 11 is 0. The van der Waals surface area contributed by atoms with E-state index in [1.54, 1.807) is 41.1 Å². The van der Waals surface area contributed by atoms with Gasteiger partial charge in [0, 0.05) is 20.1 Å². The van der Waals surface area contributed by atoms with Gasteiger partial charge in [0.2, 0.25) is 0 Å². The Bertz CT molecular complexity index is 900. The largest absolute Gasteiger partial charge is 0.491 e. The molecular weight excluding hydrogens is 383 g/mol. The number of carbonyl (C=O) groups is 2. The van der Waals surface area contributed by atoms with Crippen LogP contribution in [0.15, 0.2) is 48.5 Å². The molecule has 3 rings (SSSR count). The van der Waals surface area contributed by atoms with E-state index in [1.807, 2.05) is 26.0 Å². The third-order valence-electron chi connectivity index (χ3n) is 5.55. The second-order valence-corrected chi connectivity index (χ2v) is 8.03. The SMILES string of the molecule is CC(C)[C@H]1COc2ccccc2C(=O)N(C)CCCCN1C(=O)c1ccccc1F. The van der Waals surface area contributed by atoms with E-state index in [2.05, 4.69) is 0 Å². The van der Waals surface area contributed by atoms with Crippen LogP contribution in [0.5, 0.6) is 5.75 Å². The minimum atomic E-state index is -0.521. The van der Waals surface area contributed by atoms with Crippen molar-refractivity contribution in [3.8, 4) is 5.75 Å². The van der Waals surface area contributed by atoms with Crippen LogP contribution in [0, 0.1) is 11.7 Å². The van der Waals surface area contributed by atoms with E-state index in [1.165, 1.54) is 12.1 Å². The number of ether oxygens (including phenoxy) is 1. The third kappa shape index (κ3) is 4.81. The summed E-state index contributed by atoms with van der Waals surface area (Å²) in [6, 6.07) is 13.0. The zero-order valence-electron chi connectivity index (χ0n) is 17.8. The predicted octanol–water partition coefficient (Wildman–Crippen LogP) is 4.24. The number of fused-ring (bicyclic) bond motifs is 1. The molecule has 6 heteroatoms. The molecule has 2 amide bonds. The number of amides is 2. The van der Waals surface area contributed by atoms with E-state index < -0.39 is 5.82 Å². The van der Waals surface area contributed by atoms with Crippen molar-refractivity contribution in [3.63, 3.8) is 0 Å². The highest BCUT2D eigenvalue weighted by Gasteiger charge is 2.30. The van der Waals surface area contributed by atoms with Crippen LogP contribution in [0.4, 0.5) is 4.39 Å². The lowest BCUT2D eigenvalue weighted by Crippen LogP contribution is -2.47. The highest BCUT2D eigenvalue weighted by Crippen LogP contribution is 2.24. The monoisotopic (exact) mass is 412 g/mol. The Morgan fingerprint density at radius 1 is 1.07 bits per heavy atom. The fourth-order valence-corrected chi connectivity index (χ4v) is 3.73. The molecule has 0 bridgehead atoms. The topological polar surface area (TPSA) is 49.9 Å². The molecule has 1 aliphatic heterocycles. The molecule has 0 aromatic heterocycles. The van der Waals surface area contributed by atoms with Gasteiger partial charge in [-0.1, -0.05) is 38.1 Å². The molecular formula is C24H29FN2O3. The highest BCUT2D eigenvalue weighted by molar-refractivity contribution is 5.97. The van der Waals surface area contributed by atoms with Gasteiger partial charge in [0.05, 0.1) is 17.2 Å². The van der Waals surface area contributed by atoms with Crippen LogP contribution in [-0.2, 0) is 0 Å². The molecule has 1 atom stereocenters. The van der Waals surface area contributed by atoms with Gasteiger partial charge in [0.25, 0.3) is 11.8 Å². The lowest BCUT2D eigenvalue weighted by molar-refractivity contribution is 0.0511. The number of rotatable bonds is 2. The fourth-order valence-electron chi connectivity index (χ4n) is 3.73. The number of halogens is 1. The molecule has 0 aliphatic carbocycles. The van der Waals surface area contributed by atoms with Crippen LogP contribution < -0.4 is 4.74 Å². The second kappa shape index (κ2) is 9.74. The number of carbonyl (C=O) groups excluding carboxylic acids is 2. The lowest BCUT2D eigenvalue weighted by atomic mass is 10.0. The van der Waals surface area contributed by atoms with Gasteiger partial charge in [-0.3, -0.25) is 9.59 Å². The van der Waals surface area contributed by atoms with Crippen molar-refractivity contribution in [1.82, 2.24) is 9.80 Å². The molecule has 0 radical (unpaired) electrons. The average Bonchev–Trinajstić information content (AvgIpc) is 2.73. The summed E-state index contributed by atoms with van der Waals surface area (Å²) in [7, 11) is 1.77. The Balaban J connectivity index is 1.95. The zero-order chi connectivity index (χ0) is 21.7. The van der Waals surface area contributed by atoms with E-state index in [0.717, 1.165) is 6.42 Å². The number of hydrogen-bond donors (Lipinski definition) is 0. The third-order valence-corrected chi connectivity index (χ3v) is 5.55. The molecule has 0 saturated carbocycles. The van der Waals surface area contributed by atoms with Crippen molar-refractivity contribution in [2.45, 2.75) is 32.7 Å². The summed E-state index contributed by atoms with van der Waals surface area (Å²) in [5.74, 6) is -0.336. The van der Waals surface area contributed by atoms with Crippen LogP contribution in [0.2, 0.25) is 0 Å². The summed E-state index contributed by atoms with van der Waals surface area (Å²) in [4.78, 5) is 29.5. The van der Waals surface area contributed by atoms with Crippen molar-refractivity contribution >= 4 is 11.8 Å². The number of para-hydroxylation sites is 1. The molecule has 0 saturated heterocycles. The molecule has 160 valence electrons. The lowest BCUT2D eigenvalue weighted by Gasteiger charge is -2.35. The quantitative estimate of drug-likeness (QED) is 0.741. The smallest absolute Gasteiger partial charge is 0.257 e. The molecule has 1 aliphatic rings. The van der Waals surface area contributed by atoms with Crippen LogP contribution in [0.25, 0.3) is 0 Å². The van der Waals surface area contributed by atoms with Gasteiger partial charge in [0.1, 0.15) is 18.2 Å². The predicted molar refractivity (Wildman–Crippen MR) is 114 cm³/mol. The van der Waals surface area contributed by atoms with Gasteiger partial charge in [0.15, 0.2) is 0 Å². The number of nitrogens with zero attached hydrogens (tertiary/aromatic N) is 2. The van der Waals surface area contributed by atoms with E-state index in [4.69, 9.17) is 4.74 Å². The van der Waals surface area contributed by atoms with E-state index in [9.17, 15) is 14.0 Å². The molecule has 30 heavy (non-hydrogen) atoms. The molecule has 2 aromatic carbocycles. The van der Waals surface area contributed by atoms with Gasteiger partial charge in [-0.15, -0.1) is 0 Å². The molecule has 2 aromatic rings. The molecule has 0 unspecified atom stereocenters. The Morgan fingerprint density at radius 3 is 2.47 bits per heavy atom. The van der Waals surface area contributed by atoms with Gasteiger partial charge in [-0.05, 0) is 43.0 Å². The Labute approximate surface area is 177 Å². The molecule has 0 spiro atoms. The Morgan fingerprint density at radius 2 is 1.73 bits per heavy atom. The maximum atomic E-state index is 14.3. The average molecular weight is 413 g/mol. The first-order chi connectivity index (χ1) is 14.4.